The van der Waals surface area contributed by atoms with Gasteiger partial charge in [-0.05, 0) is 24.0 Å². The van der Waals surface area contributed by atoms with Crippen LogP contribution in [0.1, 0.15) is 24.0 Å². The molecule has 0 bridgehead atoms. The average Bonchev–Trinajstić information content (AvgIpc) is 2.20. The van der Waals surface area contributed by atoms with Gasteiger partial charge in [0.2, 0.25) is 0 Å². The van der Waals surface area contributed by atoms with E-state index in [9.17, 15) is 9.18 Å². The molecule has 1 rings (SSSR count). The zero-order chi connectivity index (χ0) is 11.1. The van der Waals surface area contributed by atoms with Crippen molar-refractivity contribution in [2.45, 2.75) is 25.7 Å². The maximum atomic E-state index is 12.0. The van der Waals surface area contributed by atoms with E-state index >= 15 is 0 Å². The van der Waals surface area contributed by atoms with Crippen molar-refractivity contribution < 1.29 is 14.3 Å². The number of carbonyl (C=O) groups is 1. The Hall–Kier alpha value is -1.38. The van der Waals surface area contributed by atoms with E-state index in [1.165, 1.54) is 0 Å². The first kappa shape index (κ1) is 11.7. The number of aliphatic carboxylic acids is 1. The maximum absolute atomic E-state index is 12.0. The van der Waals surface area contributed by atoms with Crippen LogP contribution in [0.3, 0.4) is 0 Å². The summed E-state index contributed by atoms with van der Waals surface area (Å²) in [6.45, 7) is -0.335. The molecule has 0 heterocycles. The molecule has 0 saturated carbocycles. The minimum absolute atomic E-state index is 0.201. The van der Waals surface area contributed by atoms with Gasteiger partial charge in [-0.1, -0.05) is 24.3 Å². The average molecular weight is 210 g/mol. The molecule has 0 radical (unpaired) electrons. The lowest BCUT2D eigenvalue weighted by atomic mass is 10.1. The largest absolute Gasteiger partial charge is 0.481 e. The number of hydrogen-bond acceptors (Lipinski definition) is 1. The topological polar surface area (TPSA) is 37.3 Å². The Kier molecular flexibility index (Phi) is 4.81. The molecule has 1 N–H and O–H groups in total. The third kappa shape index (κ3) is 4.58. The van der Waals surface area contributed by atoms with Gasteiger partial charge in [0.15, 0.2) is 0 Å². The summed E-state index contributed by atoms with van der Waals surface area (Å²) in [6, 6.07) is 7.67. The zero-order valence-corrected chi connectivity index (χ0v) is 8.58. The number of alkyl halides is 1. The predicted octanol–water partition coefficient (Wildman–Crippen LogP) is 2.61. The molecule has 0 aliphatic carbocycles. The van der Waals surface area contributed by atoms with Gasteiger partial charge in [0.25, 0.3) is 0 Å². The van der Waals surface area contributed by atoms with Gasteiger partial charge in [-0.3, -0.25) is 9.18 Å². The van der Waals surface area contributed by atoms with Crippen molar-refractivity contribution in [3.05, 3.63) is 35.4 Å². The van der Waals surface area contributed by atoms with Gasteiger partial charge in [-0.25, -0.2) is 0 Å². The third-order valence-electron chi connectivity index (χ3n) is 2.26. The van der Waals surface area contributed by atoms with Crippen molar-refractivity contribution in [2.24, 2.45) is 0 Å². The van der Waals surface area contributed by atoms with E-state index < -0.39 is 5.97 Å². The van der Waals surface area contributed by atoms with Crippen LogP contribution in [0.25, 0.3) is 0 Å². The van der Waals surface area contributed by atoms with E-state index in [2.05, 4.69) is 0 Å². The van der Waals surface area contributed by atoms with Crippen LogP contribution in [-0.4, -0.2) is 17.8 Å². The summed E-state index contributed by atoms with van der Waals surface area (Å²) in [6.07, 6.45) is 2.07. The molecule has 0 fully saturated rings. The molecule has 0 aromatic heterocycles. The highest BCUT2D eigenvalue weighted by Crippen LogP contribution is 2.08. The first-order valence-corrected chi connectivity index (χ1v) is 5.08. The molecule has 0 unspecified atom stereocenters. The van der Waals surface area contributed by atoms with Gasteiger partial charge in [0.05, 0.1) is 6.67 Å². The van der Waals surface area contributed by atoms with Crippen molar-refractivity contribution in [2.75, 3.05) is 6.67 Å². The fraction of sp³-hybridized carbons (Fsp3) is 0.417. The van der Waals surface area contributed by atoms with Crippen LogP contribution < -0.4 is 0 Å². The van der Waals surface area contributed by atoms with Crippen molar-refractivity contribution in [3.8, 4) is 0 Å². The third-order valence-corrected chi connectivity index (χ3v) is 2.26. The van der Waals surface area contributed by atoms with Crippen LogP contribution in [0.2, 0.25) is 0 Å². The summed E-state index contributed by atoms with van der Waals surface area (Å²) in [5.74, 6) is -0.760. The van der Waals surface area contributed by atoms with E-state index in [0.717, 1.165) is 17.5 Å². The Morgan fingerprint density at radius 1 is 1.13 bits per heavy atom. The number of benzene rings is 1. The SMILES string of the molecule is O=C(O)CCCc1ccc(CCF)cc1. The molecular weight excluding hydrogens is 195 g/mol. The monoisotopic (exact) mass is 210 g/mol. The van der Waals surface area contributed by atoms with Crippen LogP contribution >= 0.6 is 0 Å². The lowest BCUT2D eigenvalue weighted by molar-refractivity contribution is -0.137. The standard InChI is InChI=1S/C12H15FO2/c13-9-8-11-6-4-10(5-7-11)2-1-3-12(14)15/h4-7H,1-3,8-9H2,(H,14,15). The molecule has 0 aliphatic rings. The highest BCUT2D eigenvalue weighted by Gasteiger charge is 1.98. The van der Waals surface area contributed by atoms with Crippen LogP contribution in [-0.2, 0) is 17.6 Å². The Morgan fingerprint density at radius 2 is 1.67 bits per heavy atom. The molecule has 0 saturated heterocycles. The molecule has 15 heavy (non-hydrogen) atoms. The Bertz CT molecular complexity index is 306. The molecule has 0 atom stereocenters. The Morgan fingerprint density at radius 3 is 2.13 bits per heavy atom. The van der Waals surface area contributed by atoms with E-state index in [4.69, 9.17) is 5.11 Å². The fourth-order valence-electron chi connectivity index (χ4n) is 1.43. The molecular formula is C12H15FO2. The van der Waals surface area contributed by atoms with Gasteiger partial charge < -0.3 is 5.11 Å². The van der Waals surface area contributed by atoms with Crippen molar-refractivity contribution in [3.63, 3.8) is 0 Å². The summed E-state index contributed by atoms with van der Waals surface area (Å²) in [5, 5.41) is 8.46. The molecule has 0 spiro atoms. The molecule has 0 aliphatic heterocycles. The lowest BCUT2D eigenvalue weighted by Gasteiger charge is -2.01. The minimum atomic E-state index is -0.760. The predicted molar refractivity (Wildman–Crippen MR) is 56.7 cm³/mol. The van der Waals surface area contributed by atoms with E-state index in [-0.39, 0.29) is 13.1 Å². The van der Waals surface area contributed by atoms with E-state index in [1.54, 1.807) is 0 Å². The van der Waals surface area contributed by atoms with Gasteiger partial charge in [0, 0.05) is 12.8 Å². The summed E-state index contributed by atoms with van der Waals surface area (Å²) in [7, 11) is 0. The number of carboxylic acid groups (broad SMARTS) is 1. The molecule has 82 valence electrons. The number of carboxylic acids is 1. The summed E-state index contributed by atoms with van der Waals surface area (Å²) < 4.78 is 12.0. The molecule has 3 heteroatoms. The lowest BCUT2D eigenvalue weighted by Crippen LogP contribution is -1.96. The zero-order valence-electron chi connectivity index (χ0n) is 8.58. The Labute approximate surface area is 88.7 Å². The number of rotatable bonds is 6. The smallest absolute Gasteiger partial charge is 0.303 e. The first-order valence-electron chi connectivity index (χ1n) is 5.08. The van der Waals surface area contributed by atoms with E-state index in [1.807, 2.05) is 24.3 Å². The quantitative estimate of drug-likeness (QED) is 0.783. The second-order valence-electron chi connectivity index (χ2n) is 3.50. The summed E-state index contributed by atoms with van der Waals surface area (Å²) in [5.41, 5.74) is 2.10. The van der Waals surface area contributed by atoms with Crippen LogP contribution in [0.15, 0.2) is 24.3 Å². The van der Waals surface area contributed by atoms with Crippen LogP contribution in [0, 0.1) is 0 Å². The van der Waals surface area contributed by atoms with Gasteiger partial charge in [0.1, 0.15) is 0 Å². The number of halogens is 1. The van der Waals surface area contributed by atoms with Gasteiger partial charge in [-0.2, -0.15) is 0 Å². The van der Waals surface area contributed by atoms with Crippen molar-refractivity contribution >= 4 is 5.97 Å². The van der Waals surface area contributed by atoms with Crippen LogP contribution in [0.5, 0.6) is 0 Å². The van der Waals surface area contributed by atoms with E-state index in [0.29, 0.717) is 12.8 Å². The van der Waals surface area contributed by atoms with Gasteiger partial charge >= 0.3 is 5.97 Å². The first-order chi connectivity index (χ1) is 7.22. The van der Waals surface area contributed by atoms with Crippen molar-refractivity contribution in [1.82, 2.24) is 0 Å². The minimum Gasteiger partial charge on any atom is -0.481 e. The van der Waals surface area contributed by atoms with Gasteiger partial charge in [-0.15, -0.1) is 0 Å². The normalized spacial score (nSPS) is 10.2. The maximum Gasteiger partial charge on any atom is 0.303 e. The second-order valence-corrected chi connectivity index (χ2v) is 3.50. The fourth-order valence-corrected chi connectivity index (χ4v) is 1.43. The molecule has 1 aromatic carbocycles. The molecule has 1 aromatic rings. The number of aryl methyl sites for hydroxylation is 2. The second kappa shape index (κ2) is 6.17. The molecule has 0 amide bonds. The summed E-state index contributed by atoms with van der Waals surface area (Å²) in [4.78, 5) is 10.3. The molecule has 2 nitrogen and oxygen atoms in total. The van der Waals surface area contributed by atoms with Crippen LogP contribution in [0.4, 0.5) is 4.39 Å². The Balaban J connectivity index is 2.39. The number of hydrogen-bond donors (Lipinski definition) is 1. The highest BCUT2D eigenvalue weighted by atomic mass is 19.1. The summed E-state index contributed by atoms with van der Waals surface area (Å²) >= 11 is 0. The highest BCUT2D eigenvalue weighted by molar-refractivity contribution is 5.66. The van der Waals surface area contributed by atoms with Crippen molar-refractivity contribution in [1.29, 1.82) is 0 Å².